The topological polar surface area (TPSA) is 86.6 Å². The molecule has 0 saturated carbocycles. The minimum absolute atomic E-state index is 0.257. The van der Waals surface area contributed by atoms with Gasteiger partial charge in [-0.1, -0.05) is 13.8 Å². The van der Waals surface area contributed by atoms with E-state index in [1.807, 2.05) is 13.0 Å². The van der Waals surface area contributed by atoms with Gasteiger partial charge < -0.3 is 14.9 Å². The zero-order valence-corrected chi connectivity index (χ0v) is 14.1. The summed E-state index contributed by atoms with van der Waals surface area (Å²) in [5, 5.41) is 8.95. The van der Waals surface area contributed by atoms with Crippen molar-refractivity contribution in [3.05, 3.63) is 17.6 Å². The maximum atomic E-state index is 12.1. The van der Waals surface area contributed by atoms with Crippen LogP contribution in [-0.2, 0) is 9.59 Å². The molecule has 1 aromatic heterocycles. The van der Waals surface area contributed by atoms with E-state index < -0.39 is 11.9 Å². The highest BCUT2D eigenvalue weighted by Crippen LogP contribution is 2.19. The fraction of sp³-hybridized carbons (Fsp3) is 0.625. The van der Waals surface area contributed by atoms with Crippen LogP contribution in [0.4, 0.5) is 5.82 Å². The molecule has 1 saturated heterocycles. The van der Waals surface area contributed by atoms with Crippen LogP contribution in [0.1, 0.15) is 38.2 Å². The molecule has 7 nitrogen and oxygen atoms in total. The van der Waals surface area contributed by atoms with Gasteiger partial charge in [0.15, 0.2) is 0 Å². The number of piperazine rings is 1. The van der Waals surface area contributed by atoms with Gasteiger partial charge in [0.25, 0.3) is 0 Å². The van der Waals surface area contributed by atoms with Gasteiger partial charge in [0.1, 0.15) is 17.6 Å². The van der Waals surface area contributed by atoms with Gasteiger partial charge in [0, 0.05) is 43.9 Å². The number of nitrogens with zero attached hydrogens (tertiary/aromatic N) is 4. The van der Waals surface area contributed by atoms with Crippen LogP contribution >= 0.6 is 0 Å². The number of hydrogen-bond acceptors (Lipinski definition) is 5. The van der Waals surface area contributed by atoms with Crippen LogP contribution in [0.25, 0.3) is 0 Å². The molecule has 0 aliphatic carbocycles. The molecule has 1 aliphatic heterocycles. The Morgan fingerprint density at radius 3 is 2.26 bits per heavy atom. The van der Waals surface area contributed by atoms with Crippen LogP contribution in [0.15, 0.2) is 6.07 Å². The highest BCUT2D eigenvalue weighted by atomic mass is 16.4. The van der Waals surface area contributed by atoms with Crippen molar-refractivity contribution < 1.29 is 14.7 Å². The number of carbonyl (C=O) groups is 2. The second kappa shape index (κ2) is 6.93. The first-order chi connectivity index (χ1) is 10.8. The fourth-order valence-corrected chi connectivity index (χ4v) is 2.53. The van der Waals surface area contributed by atoms with Crippen LogP contribution in [0, 0.1) is 12.8 Å². The second-order valence-corrected chi connectivity index (χ2v) is 6.25. The van der Waals surface area contributed by atoms with E-state index in [-0.39, 0.29) is 11.8 Å². The van der Waals surface area contributed by atoms with Gasteiger partial charge in [0.05, 0.1) is 0 Å². The molecule has 1 unspecified atom stereocenters. The van der Waals surface area contributed by atoms with Crippen LogP contribution in [-0.4, -0.2) is 58.0 Å². The highest BCUT2D eigenvalue weighted by molar-refractivity contribution is 5.96. The van der Waals surface area contributed by atoms with Crippen LogP contribution in [0.2, 0.25) is 0 Å². The quantitative estimate of drug-likeness (QED) is 0.841. The summed E-state index contributed by atoms with van der Waals surface area (Å²) in [6, 6.07) is 1.95. The molecule has 0 spiro atoms. The Bertz CT molecular complexity index is 595. The third-order valence-electron chi connectivity index (χ3n) is 4.03. The Labute approximate surface area is 136 Å². The maximum absolute atomic E-state index is 12.1. The Hall–Kier alpha value is -2.18. The standard InChI is InChI=1S/C16H24N4O3/c1-10(2)14-17-11(3)9-13(18-14)19-5-7-20(8-6-19)15(21)12(4)16(22)23/h9-10,12H,5-8H2,1-4H3,(H,22,23). The molecule has 0 bridgehead atoms. The summed E-state index contributed by atoms with van der Waals surface area (Å²) in [5.74, 6) is -0.440. The van der Waals surface area contributed by atoms with E-state index in [1.54, 1.807) is 4.90 Å². The van der Waals surface area contributed by atoms with E-state index >= 15 is 0 Å². The van der Waals surface area contributed by atoms with Crippen molar-refractivity contribution in [3.63, 3.8) is 0 Å². The third-order valence-corrected chi connectivity index (χ3v) is 4.03. The molecule has 23 heavy (non-hydrogen) atoms. The summed E-state index contributed by atoms with van der Waals surface area (Å²) >= 11 is 0. The molecule has 2 heterocycles. The summed E-state index contributed by atoms with van der Waals surface area (Å²) in [4.78, 5) is 35.8. The number of carbonyl (C=O) groups excluding carboxylic acids is 1. The number of aryl methyl sites for hydroxylation is 1. The SMILES string of the molecule is Cc1cc(N2CCN(C(=O)C(C)C(=O)O)CC2)nc(C(C)C)n1. The molecule has 7 heteroatoms. The number of amides is 1. The van der Waals surface area contributed by atoms with E-state index in [1.165, 1.54) is 6.92 Å². The molecule has 2 rings (SSSR count). The van der Waals surface area contributed by atoms with E-state index in [9.17, 15) is 9.59 Å². The van der Waals surface area contributed by atoms with Gasteiger partial charge in [-0.25, -0.2) is 9.97 Å². The van der Waals surface area contributed by atoms with Gasteiger partial charge in [-0.3, -0.25) is 9.59 Å². The number of carboxylic acid groups (broad SMARTS) is 1. The molecule has 1 atom stereocenters. The Morgan fingerprint density at radius 2 is 1.74 bits per heavy atom. The molecular weight excluding hydrogens is 296 g/mol. The van der Waals surface area contributed by atoms with Crippen LogP contribution < -0.4 is 4.90 Å². The van der Waals surface area contributed by atoms with Crippen molar-refractivity contribution in [1.29, 1.82) is 0 Å². The fourth-order valence-electron chi connectivity index (χ4n) is 2.53. The molecule has 0 aromatic carbocycles. The molecule has 1 aliphatic rings. The monoisotopic (exact) mass is 320 g/mol. The first-order valence-electron chi connectivity index (χ1n) is 7.91. The summed E-state index contributed by atoms with van der Waals surface area (Å²) in [6.07, 6.45) is 0. The molecule has 1 aromatic rings. The second-order valence-electron chi connectivity index (χ2n) is 6.25. The van der Waals surface area contributed by atoms with Gasteiger partial charge in [-0.15, -0.1) is 0 Å². The Balaban J connectivity index is 2.05. The Kier molecular flexibility index (Phi) is 5.18. The predicted octanol–water partition coefficient (Wildman–Crippen LogP) is 1.28. The molecule has 1 fully saturated rings. The van der Waals surface area contributed by atoms with Crippen molar-refractivity contribution >= 4 is 17.7 Å². The zero-order chi connectivity index (χ0) is 17.1. The molecular formula is C16H24N4O3. The summed E-state index contributed by atoms with van der Waals surface area (Å²) in [5.41, 5.74) is 0.928. The lowest BCUT2D eigenvalue weighted by Gasteiger charge is -2.36. The number of anilines is 1. The van der Waals surface area contributed by atoms with Crippen molar-refractivity contribution in [1.82, 2.24) is 14.9 Å². The number of aliphatic carboxylic acids is 1. The van der Waals surface area contributed by atoms with E-state index in [0.717, 1.165) is 17.3 Å². The average Bonchev–Trinajstić information content (AvgIpc) is 2.52. The number of hydrogen-bond donors (Lipinski definition) is 1. The molecule has 1 amide bonds. The lowest BCUT2D eigenvalue weighted by atomic mass is 10.1. The summed E-state index contributed by atoms with van der Waals surface area (Å²) in [7, 11) is 0. The van der Waals surface area contributed by atoms with E-state index in [4.69, 9.17) is 5.11 Å². The van der Waals surface area contributed by atoms with Crippen LogP contribution in [0.5, 0.6) is 0 Å². The third kappa shape index (κ3) is 3.97. The van der Waals surface area contributed by atoms with Gasteiger partial charge in [-0.2, -0.15) is 0 Å². The normalized spacial score (nSPS) is 16.6. The number of aromatic nitrogens is 2. The van der Waals surface area contributed by atoms with Crippen molar-refractivity contribution in [2.45, 2.75) is 33.6 Å². The van der Waals surface area contributed by atoms with Crippen molar-refractivity contribution in [2.75, 3.05) is 31.1 Å². The molecule has 1 N–H and O–H groups in total. The van der Waals surface area contributed by atoms with Gasteiger partial charge >= 0.3 is 5.97 Å². The zero-order valence-electron chi connectivity index (χ0n) is 14.1. The molecule has 126 valence electrons. The summed E-state index contributed by atoms with van der Waals surface area (Å²) in [6.45, 7) is 9.81. The lowest BCUT2D eigenvalue weighted by molar-refractivity contribution is -0.150. The Morgan fingerprint density at radius 1 is 1.13 bits per heavy atom. The van der Waals surface area contributed by atoms with E-state index in [2.05, 4.69) is 28.7 Å². The first-order valence-corrected chi connectivity index (χ1v) is 7.91. The predicted molar refractivity (Wildman–Crippen MR) is 86.5 cm³/mol. The van der Waals surface area contributed by atoms with Gasteiger partial charge in [-0.05, 0) is 13.8 Å². The van der Waals surface area contributed by atoms with Crippen LogP contribution in [0.3, 0.4) is 0 Å². The minimum atomic E-state index is -1.08. The first kappa shape index (κ1) is 17.2. The minimum Gasteiger partial charge on any atom is -0.481 e. The highest BCUT2D eigenvalue weighted by Gasteiger charge is 2.29. The molecule has 0 radical (unpaired) electrons. The largest absolute Gasteiger partial charge is 0.481 e. The number of rotatable bonds is 4. The van der Waals surface area contributed by atoms with E-state index in [0.29, 0.717) is 26.2 Å². The van der Waals surface area contributed by atoms with Crippen molar-refractivity contribution in [3.8, 4) is 0 Å². The number of carboxylic acids is 1. The summed E-state index contributed by atoms with van der Waals surface area (Å²) < 4.78 is 0. The average molecular weight is 320 g/mol. The smallest absolute Gasteiger partial charge is 0.315 e. The maximum Gasteiger partial charge on any atom is 0.315 e. The van der Waals surface area contributed by atoms with Gasteiger partial charge in [0.2, 0.25) is 5.91 Å². The lowest BCUT2D eigenvalue weighted by Crippen LogP contribution is -2.51. The van der Waals surface area contributed by atoms with Crippen molar-refractivity contribution in [2.24, 2.45) is 5.92 Å².